The van der Waals surface area contributed by atoms with Gasteiger partial charge in [0.15, 0.2) is 0 Å². The van der Waals surface area contributed by atoms with Crippen LogP contribution in [0.3, 0.4) is 0 Å². The molecule has 0 radical (unpaired) electrons. The van der Waals surface area contributed by atoms with Crippen molar-refractivity contribution in [2.24, 2.45) is 5.73 Å². The number of rotatable bonds is 3. The first kappa shape index (κ1) is 20.6. The van der Waals surface area contributed by atoms with Gasteiger partial charge in [-0.25, -0.2) is 0 Å². The molecule has 0 saturated carbocycles. The predicted molar refractivity (Wildman–Crippen MR) is 111 cm³/mol. The Hall–Kier alpha value is -1.75. The van der Waals surface area contributed by atoms with Crippen LogP contribution in [-0.2, 0) is 11.2 Å². The molecule has 4 rings (SSSR count). The highest BCUT2D eigenvalue weighted by molar-refractivity contribution is 5.85. The van der Waals surface area contributed by atoms with Crippen molar-refractivity contribution in [3.63, 3.8) is 0 Å². The molecule has 6 heteroatoms. The molecule has 1 amide bonds. The summed E-state index contributed by atoms with van der Waals surface area (Å²) in [7, 11) is 0. The Kier molecular flexibility index (Phi) is 6.93. The minimum Gasteiger partial charge on any atom is -0.362 e. The van der Waals surface area contributed by atoms with Crippen LogP contribution < -0.4 is 10.6 Å². The first-order chi connectivity index (χ1) is 11.7. The molecule has 0 spiro atoms. The number of carbonyl (C=O) groups excluding carboxylic acids is 1. The number of carbonyl (C=O) groups is 1. The lowest BCUT2D eigenvalue weighted by molar-refractivity contribution is -0.128. The first-order valence-corrected chi connectivity index (χ1v) is 8.63. The molecule has 1 fully saturated rings. The summed E-state index contributed by atoms with van der Waals surface area (Å²) in [5, 5.41) is 0. The SMILES string of the molecule is Cl.Cl.N[C@@H]1CN(C(=O)CN2CCc3ccccc32)C[C@H]1c1ccccc1. The number of hydrogen-bond donors (Lipinski definition) is 1. The first-order valence-electron chi connectivity index (χ1n) is 8.63. The van der Waals surface area contributed by atoms with Crippen molar-refractivity contribution in [2.45, 2.75) is 18.4 Å². The maximum absolute atomic E-state index is 12.8. The van der Waals surface area contributed by atoms with Gasteiger partial charge in [0.05, 0.1) is 6.54 Å². The van der Waals surface area contributed by atoms with Gasteiger partial charge >= 0.3 is 0 Å². The van der Waals surface area contributed by atoms with Crippen LogP contribution >= 0.6 is 24.8 Å². The molecular formula is C20H25Cl2N3O. The lowest BCUT2D eigenvalue weighted by Gasteiger charge is -2.23. The van der Waals surface area contributed by atoms with Crippen LogP contribution in [0.2, 0.25) is 0 Å². The molecule has 2 aromatic carbocycles. The summed E-state index contributed by atoms with van der Waals surface area (Å²) in [6, 6.07) is 18.7. The Morgan fingerprint density at radius 1 is 1.00 bits per heavy atom. The maximum atomic E-state index is 12.8. The minimum absolute atomic E-state index is 0. The number of benzene rings is 2. The molecule has 2 aliphatic heterocycles. The standard InChI is InChI=1S/C20H23N3O.2ClH/c21-18-13-23(12-17(18)15-6-2-1-3-7-15)20(24)14-22-11-10-16-8-4-5-9-19(16)22;;/h1-9,17-18H,10-14,21H2;2*1H/t17-,18+;;/m0../s1. The largest absolute Gasteiger partial charge is 0.362 e. The van der Waals surface area contributed by atoms with E-state index in [2.05, 4.69) is 35.2 Å². The molecule has 1 saturated heterocycles. The molecule has 0 unspecified atom stereocenters. The maximum Gasteiger partial charge on any atom is 0.242 e. The Morgan fingerprint density at radius 3 is 2.46 bits per heavy atom. The van der Waals surface area contributed by atoms with E-state index in [1.165, 1.54) is 16.8 Å². The summed E-state index contributed by atoms with van der Waals surface area (Å²) < 4.78 is 0. The van der Waals surface area contributed by atoms with Crippen molar-refractivity contribution in [1.82, 2.24) is 4.90 Å². The third-order valence-corrected chi connectivity index (χ3v) is 5.26. The smallest absolute Gasteiger partial charge is 0.242 e. The molecule has 4 nitrogen and oxygen atoms in total. The molecule has 26 heavy (non-hydrogen) atoms. The summed E-state index contributed by atoms with van der Waals surface area (Å²) in [6.07, 6.45) is 1.02. The summed E-state index contributed by atoms with van der Waals surface area (Å²) in [5.41, 5.74) is 10.1. The van der Waals surface area contributed by atoms with E-state index in [1.807, 2.05) is 29.2 Å². The Morgan fingerprint density at radius 2 is 1.69 bits per heavy atom. The van der Waals surface area contributed by atoms with E-state index in [1.54, 1.807) is 0 Å². The second-order valence-corrected chi connectivity index (χ2v) is 6.78. The number of nitrogens with two attached hydrogens (primary N) is 1. The van der Waals surface area contributed by atoms with Gasteiger partial charge in [-0.1, -0.05) is 48.5 Å². The molecular weight excluding hydrogens is 369 g/mol. The van der Waals surface area contributed by atoms with Crippen molar-refractivity contribution in [3.8, 4) is 0 Å². The quantitative estimate of drug-likeness (QED) is 0.871. The second-order valence-electron chi connectivity index (χ2n) is 6.78. The van der Waals surface area contributed by atoms with Crippen molar-refractivity contribution < 1.29 is 4.79 Å². The fraction of sp³-hybridized carbons (Fsp3) is 0.350. The lowest BCUT2D eigenvalue weighted by Crippen LogP contribution is -2.39. The van der Waals surface area contributed by atoms with Crippen LogP contribution in [0.5, 0.6) is 0 Å². The van der Waals surface area contributed by atoms with Crippen molar-refractivity contribution in [3.05, 3.63) is 65.7 Å². The number of hydrogen-bond acceptors (Lipinski definition) is 3. The Labute approximate surface area is 167 Å². The van der Waals surface area contributed by atoms with E-state index >= 15 is 0 Å². The third kappa shape index (κ3) is 3.98. The molecule has 2 aliphatic rings. The average Bonchev–Trinajstić information content (AvgIpc) is 3.20. The van der Waals surface area contributed by atoms with Gasteiger partial charge in [0.2, 0.25) is 5.91 Å². The topological polar surface area (TPSA) is 49.6 Å². The molecule has 2 atom stereocenters. The zero-order chi connectivity index (χ0) is 16.5. The Balaban J connectivity index is 0.00000121. The van der Waals surface area contributed by atoms with E-state index in [9.17, 15) is 4.79 Å². The summed E-state index contributed by atoms with van der Waals surface area (Å²) >= 11 is 0. The van der Waals surface area contributed by atoms with Gasteiger partial charge in [0.25, 0.3) is 0 Å². The number of nitrogens with zero attached hydrogens (tertiary/aromatic N) is 2. The molecule has 140 valence electrons. The second kappa shape index (κ2) is 8.76. The average molecular weight is 394 g/mol. The van der Waals surface area contributed by atoms with Gasteiger partial charge in [0, 0.05) is 37.3 Å². The summed E-state index contributed by atoms with van der Waals surface area (Å²) in [4.78, 5) is 16.9. The van der Waals surface area contributed by atoms with Crippen LogP contribution in [0.25, 0.3) is 0 Å². The van der Waals surface area contributed by atoms with Gasteiger partial charge in [-0.15, -0.1) is 24.8 Å². The monoisotopic (exact) mass is 393 g/mol. The minimum atomic E-state index is 0. The van der Waals surface area contributed by atoms with Crippen molar-refractivity contribution >= 4 is 36.4 Å². The molecule has 0 aliphatic carbocycles. The highest BCUT2D eigenvalue weighted by Crippen LogP contribution is 2.29. The van der Waals surface area contributed by atoms with Crippen molar-refractivity contribution in [1.29, 1.82) is 0 Å². The molecule has 2 aromatic rings. The van der Waals surface area contributed by atoms with E-state index in [-0.39, 0.29) is 42.7 Å². The third-order valence-electron chi connectivity index (χ3n) is 5.26. The zero-order valence-electron chi connectivity index (χ0n) is 14.6. The van der Waals surface area contributed by atoms with Gasteiger partial charge in [-0.3, -0.25) is 4.79 Å². The molecule has 0 aromatic heterocycles. The van der Waals surface area contributed by atoms with Gasteiger partial charge in [0.1, 0.15) is 0 Å². The molecule has 2 N–H and O–H groups in total. The highest BCUT2D eigenvalue weighted by atomic mass is 35.5. The number of para-hydroxylation sites is 1. The van der Waals surface area contributed by atoms with Gasteiger partial charge in [-0.05, 0) is 23.6 Å². The summed E-state index contributed by atoms with van der Waals surface area (Å²) in [5.74, 6) is 0.418. The number of fused-ring (bicyclic) bond motifs is 1. The number of anilines is 1. The fourth-order valence-electron chi connectivity index (χ4n) is 3.92. The van der Waals surface area contributed by atoms with Crippen LogP contribution in [0.1, 0.15) is 17.0 Å². The van der Waals surface area contributed by atoms with Crippen LogP contribution in [0.15, 0.2) is 54.6 Å². The van der Waals surface area contributed by atoms with E-state index in [0.29, 0.717) is 13.1 Å². The predicted octanol–water partition coefficient (Wildman–Crippen LogP) is 2.85. The fourth-order valence-corrected chi connectivity index (χ4v) is 3.92. The zero-order valence-corrected chi connectivity index (χ0v) is 16.2. The van der Waals surface area contributed by atoms with E-state index < -0.39 is 0 Å². The molecule has 2 heterocycles. The van der Waals surface area contributed by atoms with Crippen LogP contribution in [0, 0.1) is 0 Å². The van der Waals surface area contributed by atoms with Crippen LogP contribution in [0.4, 0.5) is 5.69 Å². The van der Waals surface area contributed by atoms with Gasteiger partial charge in [-0.2, -0.15) is 0 Å². The van der Waals surface area contributed by atoms with E-state index in [0.717, 1.165) is 19.5 Å². The van der Waals surface area contributed by atoms with Crippen molar-refractivity contribution in [2.75, 3.05) is 31.1 Å². The highest BCUT2D eigenvalue weighted by Gasteiger charge is 2.34. The summed E-state index contributed by atoms with van der Waals surface area (Å²) in [6.45, 7) is 2.74. The van der Waals surface area contributed by atoms with Gasteiger partial charge < -0.3 is 15.5 Å². The van der Waals surface area contributed by atoms with Crippen LogP contribution in [-0.4, -0.2) is 43.0 Å². The number of likely N-dealkylation sites (tertiary alicyclic amines) is 1. The number of amides is 1. The van der Waals surface area contributed by atoms with E-state index in [4.69, 9.17) is 5.73 Å². The lowest BCUT2D eigenvalue weighted by atomic mass is 9.95. The Bertz CT molecular complexity index is 741. The number of halogens is 2. The molecule has 0 bridgehead atoms. The normalized spacial score (nSPS) is 21.0.